The van der Waals surface area contributed by atoms with Crippen LogP contribution < -0.4 is 31.4 Å². The molecule has 0 saturated carbocycles. The first-order chi connectivity index (χ1) is 29.5. The summed E-state index contributed by atoms with van der Waals surface area (Å²) in [4.78, 5) is 5.80. The summed E-state index contributed by atoms with van der Waals surface area (Å²) in [6.07, 6.45) is -5.34. The normalized spacial score (nSPS) is 11.6. The van der Waals surface area contributed by atoms with Crippen molar-refractivity contribution in [3.63, 3.8) is 0 Å². The SMILES string of the molecule is Clc1cccc(O[n+]2cccc3ccccc32)c1.Fc1c(F)c(F)c([B-](c2c(F)c(F)c(F)c(F)c2F)(c2c(F)c(F)c(F)c(F)c2F)c2c(F)c(F)c(F)c(F)c2F)c(F)c1F. The molecule has 0 bridgehead atoms. The first kappa shape index (κ1) is 46.0. The summed E-state index contributed by atoms with van der Waals surface area (Å²) in [6.45, 7) is 0. The Bertz CT molecular complexity index is 2640. The molecule has 0 N–H and O–H groups in total. The zero-order valence-electron chi connectivity index (χ0n) is 29.7. The Morgan fingerprint density at radius 2 is 0.651 bits per heavy atom. The number of para-hydroxylation sites is 1. The summed E-state index contributed by atoms with van der Waals surface area (Å²) in [6, 6.07) is 19.4. The van der Waals surface area contributed by atoms with E-state index in [4.69, 9.17) is 16.4 Å². The molecule has 7 aromatic rings. The third kappa shape index (κ3) is 7.20. The standard InChI is InChI=1S/C24BF20.C15H11ClNO/c26-5-1(6(27)14(35)21(42)13(5)34)25(2-7(28)15(36)22(43)16(37)8(2)29,3-9(30)17(38)23(44)18(39)10(3)31)4-11(32)19(40)24(45)20(41)12(4)33;16-13-7-3-8-14(11-13)18-17-10-4-6-12-5-1-2-9-15(12)17/h;1-11H/q-1;+1. The lowest BCUT2D eigenvalue weighted by Crippen LogP contribution is -2.81. The summed E-state index contributed by atoms with van der Waals surface area (Å²) in [5.41, 5.74) is -13.3. The molecule has 0 atom stereocenters. The average Bonchev–Trinajstić information content (AvgIpc) is 3.26. The molecule has 0 fully saturated rings. The van der Waals surface area contributed by atoms with Gasteiger partial charge in [0.1, 0.15) is 52.7 Å². The molecule has 0 unspecified atom stereocenters. The van der Waals surface area contributed by atoms with Gasteiger partial charge in [0.15, 0.2) is 69.8 Å². The number of hydrogen-bond donors (Lipinski definition) is 0. The van der Waals surface area contributed by atoms with Gasteiger partial charge < -0.3 is 0 Å². The van der Waals surface area contributed by atoms with Crippen LogP contribution in [0.5, 0.6) is 5.75 Å². The lowest BCUT2D eigenvalue weighted by atomic mass is 9.12. The van der Waals surface area contributed by atoms with Gasteiger partial charge in [0, 0.05) is 28.0 Å². The van der Waals surface area contributed by atoms with E-state index in [1.54, 1.807) is 10.8 Å². The van der Waals surface area contributed by atoms with Crippen LogP contribution in [0, 0.1) is 116 Å². The highest BCUT2D eigenvalue weighted by Crippen LogP contribution is 2.31. The number of aromatic nitrogens is 1. The molecular weight excluding hydrogens is 925 g/mol. The molecule has 328 valence electrons. The van der Waals surface area contributed by atoms with Gasteiger partial charge in [-0.05, 0) is 24.3 Å². The Balaban J connectivity index is 0.000000302. The average molecular weight is 936 g/mol. The van der Waals surface area contributed by atoms with Gasteiger partial charge in [-0.15, -0.1) is 21.9 Å². The molecule has 0 amide bonds. The minimum absolute atomic E-state index is 0.660. The van der Waals surface area contributed by atoms with Gasteiger partial charge in [-0.1, -0.05) is 29.8 Å². The van der Waals surface area contributed by atoms with E-state index in [0.29, 0.717) is 10.8 Å². The second-order valence-electron chi connectivity index (χ2n) is 12.7. The number of hydrogen-bond acceptors (Lipinski definition) is 1. The van der Waals surface area contributed by atoms with E-state index in [1.165, 1.54) is 0 Å². The van der Waals surface area contributed by atoms with E-state index in [1.807, 2.05) is 60.8 Å². The van der Waals surface area contributed by atoms with Gasteiger partial charge in [-0.25, -0.2) is 92.6 Å². The van der Waals surface area contributed by atoms with Crippen LogP contribution in [-0.4, -0.2) is 6.15 Å². The molecule has 1 heterocycles. The van der Waals surface area contributed by atoms with Crippen LogP contribution >= 0.6 is 11.6 Å². The van der Waals surface area contributed by atoms with Crippen LogP contribution in [0.2, 0.25) is 5.02 Å². The van der Waals surface area contributed by atoms with Crippen molar-refractivity contribution in [1.29, 1.82) is 0 Å². The highest BCUT2D eigenvalue weighted by atomic mass is 35.5. The fourth-order valence-corrected chi connectivity index (χ4v) is 6.91. The molecule has 0 saturated heterocycles. The van der Waals surface area contributed by atoms with E-state index in [9.17, 15) is 52.7 Å². The van der Waals surface area contributed by atoms with Crippen molar-refractivity contribution in [3.8, 4) is 5.75 Å². The monoisotopic (exact) mass is 935 g/mol. The highest BCUT2D eigenvalue weighted by Gasteiger charge is 2.52. The molecular formula is C39H11BClF20NO. The van der Waals surface area contributed by atoms with Crippen LogP contribution in [-0.2, 0) is 0 Å². The quantitative estimate of drug-likeness (QED) is 0.0533. The lowest BCUT2D eigenvalue weighted by Gasteiger charge is -2.44. The fourth-order valence-electron chi connectivity index (χ4n) is 6.73. The third-order valence-electron chi connectivity index (χ3n) is 9.38. The predicted molar refractivity (Wildman–Crippen MR) is 181 cm³/mol. The highest BCUT2D eigenvalue weighted by molar-refractivity contribution is 7.20. The van der Waals surface area contributed by atoms with Crippen LogP contribution in [0.1, 0.15) is 0 Å². The number of pyridine rings is 1. The molecule has 1 aromatic heterocycles. The molecule has 24 heteroatoms. The molecule has 0 radical (unpaired) electrons. The summed E-state index contributed by atoms with van der Waals surface area (Å²) >= 11 is 5.94. The second-order valence-corrected chi connectivity index (χ2v) is 13.2. The number of rotatable bonds is 6. The molecule has 0 aliphatic heterocycles. The number of nitrogens with zero attached hydrogens (tertiary/aromatic N) is 1. The molecule has 7 rings (SSSR count). The third-order valence-corrected chi connectivity index (χ3v) is 9.61. The maximum Gasteiger partial charge on any atom is 0.265 e. The zero-order valence-corrected chi connectivity index (χ0v) is 30.5. The van der Waals surface area contributed by atoms with Crippen molar-refractivity contribution >= 4 is 50.5 Å². The fraction of sp³-hybridized carbons (Fsp3) is 0. The van der Waals surface area contributed by atoms with E-state index in [0.717, 1.165) is 10.9 Å². The minimum atomic E-state index is -7.22. The predicted octanol–water partition coefficient (Wildman–Crippen LogP) is 9.47. The van der Waals surface area contributed by atoms with Gasteiger partial charge in [-0.2, -0.15) is 0 Å². The van der Waals surface area contributed by atoms with E-state index in [2.05, 4.69) is 0 Å². The Labute approximate surface area is 341 Å². The van der Waals surface area contributed by atoms with Crippen molar-refractivity contribution in [1.82, 2.24) is 0 Å². The number of benzene rings is 6. The Morgan fingerprint density at radius 1 is 0.349 bits per heavy atom. The van der Waals surface area contributed by atoms with Gasteiger partial charge in [0.25, 0.3) is 5.52 Å². The smallest absolute Gasteiger partial charge is 0.231 e. The molecule has 0 aliphatic rings. The molecule has 63 heavy (non-hydrogen) atoms. The van der Waals surface area contributed by atoms with Crippen molar-refractivity contribution in [2.75, 3.05) is 0 Å². The van der Waals surface area contributed by atoms with Gasteiger partial charge in [0.05, 0.1) is 5.39 Å². The van der Waals surface area contributed by atoms with E-state index >= 15 is 35.1 Å². The van der Waals surface area contributed by atoms with E-state index < -0.39 is 144 Å². The summed E-state index contributed by atoms with van der Waals surface area (Å²) in [5, 5.41) is 1.79. The first-order valence-corrected chi connectivity index (χ1v) is 17.0. The van der Waals surface area contributed by atoms with Crippen molar-refractivity contribution in [3.05, 3.63) is 188 Å². The minimum Gasteiger partial charge on any atom is -0.231 e. The summed E-state index contributed by atoms with van der Waals surface area (Å²) in [5.74, 6) is -70.7. The Hall–Kier alpha value is -6.52. The van der Waals surface area contributed by atoms with Crippen LogP contribution in [0.4, 0.5) is 87.8 Å². The maximum absolute atomic E-state index is 15.4. The molecule has 6 aromatic carbocycles. The molecule has 0 spiro atoms. The maximum atomic E-state index is 15.4. The number of fused-ring (bicyclic) bond motifs is 1. The van der Waals surface area contributed by atoms with Crippen LogP contribution in [0.3, 0.4) is 0 Å². The van der Waals surface area contributed by atoms with Gasteiger partial charge in [0.2, 0.25) is 11.9 Å². The van der Waals surface area contributed by atoms with Gasteiger partial charge in [-0.3, -0.25) is 0 Å². The van der Waals surface area contributed by atoms with Crippen molar-refractivity contribution in [2.45, 2.75) is 0 Å². The second kappa shape index (κ2) is 17.0. The van der Waals surface area contributed by atoms with Crippen LogP contribution in [0.25, 0.3) is 10.9 Å². The first-order valence-electron chi connectivity index (χ1n) is 16.6. The Morgan fingerprint density at radius 3 is 0.984 bits per heavy atom. The molecule has 0 aliphatic carbocycles. The van der Waals surface area contributed by atoms with Crippen molar-refractivity contribution in [2.24, 2.45) is 0 Å². The van der Waals surface area contributed by atoms with Crippen LogP contribution in [0.15, 0.2) is 66.9 Å². The lowest BCUT2D eigenvalue weighted by molar-refractivity contribution is -0.854. The van der Waals surface area contributed by atoms with E-state index in [-0.39, 0.29) is 0 Å². The Kier molecular flexibility index (Phi) is 12.4. The molecule has 2 nitrogen and oxygen atoms in total. The summed E-state index contributed by atoms with van der Waals surface area (Å²) in [7, 11) is 0. The van der Waals surface area contributed by atoms with Gasteiger partial charge >= 0.3 is 0 Å². The zero-order chi connectivity index (χ0) is 46.7. The topological polar surface area (TPSA) is 13.1 Å². The number of halogens is 21. The largest absolute Gasteiger partial charge is 0.265 e. The van der Waals surface area contributed by atoms with Crippen molar-refractivity contribution < 1.29 is 97.4 Å². The summed E-state index contributed by atoms with van der Waals surface area (Å²) < 4.78 is 296.